The van der Waals surface area contributed by atoms with Crippen molar-refractivity contribution in [3.63, 3.8) is 0 Å². The lowest BCUT2D eigenvalue weighted by molar-refractivity contribution is -0.274. The van der Waals surface area contributed by atoms with Crippen LogP contribution in [-0.2, 0) is 12.1 Å². The second-order valence-corrected chi connectivity index (χ2v) is 9.84. The Kier molecular flexibility index (Phi) is 9.10. The number of hydrogen-bond donors (Lipinski definition) is 3. The number of aliphatic hydroxyl groups excluding tert-OH is 1. The molecule has 2 bridgehead atoms. The van der Waals surface area contributed by atoms with Crippen molar-refractivity contribution >= 4 is 24.8 Å². The molecule has 2 aromatic rings. The fraction of sp³-hybridized carbons (Fsp3) is 0.538. The summed E-state index contributed by atoms with van der Waals surface area (Å²) in [5.41, 5.74) is 1.44. The Bertz CT molecular complexity index is 1010. The van der Waals surface area contributed by atoms with E-state index in [1.165, 1.54) is 12.1 Å². The first kappa shape index (κ1) is 28.9. The Labute approximate surface area is 222 Å². The Balaban J connectivity index is 0.00000180. The van der Waals surface area contributed by atoms with Gasteiger partial charge >= 0.3 is 6.36 Å². The second-order valence-electron chi connectivity index (χ2n) is 9.84. The zero-order valence-electron chi connectivity index (χ0n) is 20.0. The first-order chi connectivity index (χ1) is 16.2. The van der Waals surface area contributed by atoms with Gasteiger partial charge in [-0.1, -0.05) is 30.3 Å². The van der Waals surface area contributed by atoms with E-state index in [4.69, 9.17) is 4.74 Å². The second kappa shape index (κ2) is 11.4. The van der Waals surface area contributed by atoms with Crippen LogP contribution in [0.1, 0.15) is 50.2 Å². The van der Waals surface area contributed by atoms with Crippen molar-refractivity contribution in [3.8, 4) is 11.5 Å². The molecule has 2 aliphatic heterocycles. The largest absolute Gasteiger partial charge is 0.573 e. The summed E-state index contributed by atoms with van der Waals surface area (Å²) in [5, 5.41) is 17.9. The highest BCUT2D eigenvalue weighted by molar-refractivity contribution is 5.85. The maximum absolute atomic E-state index is 12.8. The summed E-state index contributed by atoms with van der Waals surface area (Å²) in [6.07, 6.45) is -0.515. The predicted molar refractivity (Wildman–Crippen MR) is 136 cm³/mol. The van der Waals surface area contributed by atoms with E-state index in [2.05, 4.69) is 27.5 Å². The molecule has 2 heterocycles. The lowest BCUT2D eigenvalue weighted by Gasteiger charge is -2.43. The number of alkyl halides is 3. The van der Waals surface area contributed by atoms with E-state index in [-0.39, 0.29) is 60.2 Å². The number of benzene rings is 2. The van der Waals surface area contributed by atoms with Gasteiger partial charge in [-0.2, -0.15) is 0 Å². The highest BCUT2D eigenvalue weighted by Gasteiger charge is 2.54. The molecule has 2 saturated heterocycles. The minimum atomic E-state index is -4.75. The van der Waals surface area contributed by atoms with Crippen LogP contribution in [0, 0.1) is 5.92 Å². The van der Waals surface area contributed by atoms with Crippen LogP contribution in [0.15, 0.2) is 48.5 Å². The summed E-state index contributed by atoms with van der Waals surface area (Å²) >= 11 is 0. The number of piperidine rings is 1. The summed E-state index contributed by atoms with van der Waals surface area (Å²) in [5.74, 6) is 0.486. The van der Waals surface area contributed by atoms with Gasteiger partial charge in [0.2, 0.25) is 0 Å². The number of fused-ring (bicyclic) bond motifs is 2. The standard InChI is InChI=1S/C26H31F3N2O3.2ClH/c1-16(32)21-14-25(18-5-3-2-4-6-18)24(12-10-22(21)31-25)30-15-17-13-20(34-26(27,28)29)9-11-23(17)33-19-7-8-19;;/h2-6,9,11,13,16,19,21-22,24,30-32H,7-8,10,12,14-15H2,1H3;2*1H/t16-,21-,22-,24+,25+;;/m0../s1. The zero-order chi connectivity index (χ0) is 23.9. The third kappa shape index (κ3) is 6.22. The molecule has 36 heavy (non-hydrogen) atoms. The molecular formula is C26H33Cl2F3N2O3. The average Bonchev–Trinajstić information content (AvgIpc) is 3.55. The molecule has 3 fully saturated rings. The van der Waals surface area contributed by atoms with Gasteiger partial charge in [-0.05, 0) is 62.8 Å². The number of halogens is 5. The van der Waals surface area contributed by atoms with E-state index in [9.17, 15) is 18.3 Å². The summed E-state index contributed by atoms with van der Waals surface area (Å²) in [7, 11) is 0. The smallest absolute Gasteiger partial charge is 0.490 e. The first-order valence-electron chi connectivity index (χ1n) is 12.0. The number of hydrogen-bond acceptors (Lipinski definition) is 5. The van der Waals surface area contributed by atoms with Crippen molar-refractivity contribution in [2.24, 2.45) is 5.92 Å². The van der Waals surface area contributed by atoms with Crippen molar-refractivity contribution in [1.29, 1.82) is 0 Å². The number of nitrogens with one attached hydrogen (secondary N) is 2. The molecular weight excluding hydrogens is 516 g/mol. The lowest BCUT2D eigenvalue weighted by Crippen LogP contribution is -2.58. The van der Waals surface area contributed by atoms with Gasteiger partial charge in [0.05, 0.1) is 17.7 Å². The van der Waals surface area contributed by atoms with E-state index < -0.39 is 12.5 Å². The van der Waals surface area contributed by atoms with Crippen molar-refractivity contribution < 1.29 is 27.8 Å². The molecule has 5 rings (SSSR count). The fourth-order valence-electron chi connectivity index (χ4n) is 5.66. The van der Waals surface area contributed by atoms with Crippen molar-refractivity contribution in [1.82, 2.24) is 10.6 Å². The van der Waals surface area contributed by atoms with E-state index in [0.29, 0.717) is 17.9 Å². The molecule has 5 nitrogen and oxygen atoms in total. The molecule has 0 aromatic heterocycles. The van der Waals surface area contributed by atoms with Gasteiger partial charge in [-0.3, -0.25) is 0 Å². The number of aliphatic hydroxyl groups is 1. The third-order valence-electron chi connectivity index (χ3n) is 7.41. The molecule has 1 aliphatic carbocycles. The maximum atomic E-state index is 12.8. The van der Waals surface area contributed by atoms with Gasteiger partial charge in [0, 0.05) is 30.1 Å². The molecule has 10 heteroatoms. The highest BCUT2D eigenvalue weighted by atomic mass is 35.5. The van der Waals surface area contributed by atoms with Gasteiger partial charge in [0.1, 0.15) is 11.5 Å². The summed E-state index contributed by atoms with van der Waals surface area (Å²) < 4.78 is 48.6. The molecule has 200 valence electrons. The molecule has 2 aromatic carbocycles. The van der Waals surface area contributed by atoms with Crippen LogP contribution < -0.4 is 20.1 Å². The summed E-state index contributed by atoms with van der Waals surface area (Å²) in [6, 6.07) is 14.8. The monoisotopic (exact) mass is 548 g/mol. The minimum Gasteiger partial charge on any atom is -0.490 e. The van der Waals surface area contributed by atoms with E-state index in [1.54, 1.807) is 6.07 Å². The molecule has 0 amide bonds. The van der Waals surface area contributed by atoms with Crippen LogP contribution in [0.4, 0.5) is 13.2 Å². The molecule has 5 atom stereocenters. The number of ether oxygens (including phenoxy) is 2. The molecule has 3 aliphatic rings. The van der Waals surface area contributed by atoms with Gasteiger partial charge in [0.25, 0.3) is 0 Å². The molecule has 0 radical (unpaired) electrons. The number of rotatable bonds is 8. The van der Waals surface area contributed by atoms with Gasteiger partial charge in [-0.25, -0.2) is 0 Å². The summed E-state index contributed by atoms with van der Waals surface area (Å²) in [4.78, 5) is 0. The van der Waals surface area contributed by atoms with E-state index in [0.717, 1.165) is 37.7 Å². The van der Waals surface area contributed by atoms with Crippen molar-refractivity contribution in [3.05, 3.63) is 59.7 Å². The average molecular weight is 549 g/mol. The normalized spacial score (nSPS) is 28.0. The van der Waals surface area contributed by atoms with Crippen LogP contribution in [0.25, 0.3) is 0 Å². The Morgan fingerprint density at radius 2 is 1.81 bits per heavy atom. The Morgan fingerprint density at radius 3 is 2.44 bits per heavy atom. The fourth-order valence-corrected chi connectivity index (χ4v) is 5.66. The van der Waals surface area contributed by atoms with Crippen molar-refractivity contribution in [2.45, 2.75) is 81.8 Å². The Hall–Kier alpha value is -1.71. The molecule has 3 N–H and O–H groups in total. The molecule has 0 unspecified atom stereocenters. The first-order valence-corrected chi connectivity index (χ1v) is 12.0. The summed E-state index contributed by atoms with van der Waals surface area (Å²) in [6.45, 7) is 2.20. The lowest BCUT2D eigenvalue weighted by atomic mass is 9.78. The van der Waals surface area contributed by atoms with Gasteiger partial charge in [0.15, 0.2) is 0 Å². The van der Waals surface area contributed by atoms with E-state index >= 15 is 0 Å². The predicted octanol–water partition coefficient (Wildman–Crippen LogP) is 5.48. The molecule has 0 spiro atoms. The maximum Gasteiger partial charge on any atom is 0.573 e. The van der Waals surface area contributed by atoms with E-state index in [1.807, 2.05) is 25.1 Å². The molecule has 1 saturated carbocycles. The van der Waals surface area contributed by atoms with Gasteiger partial charge < -0.3 is 25.2 Å². The zero-order valence-corrected chi connectivity index (χ0v) is 21.6. The topological polar surface area (TPSA) is 62.8 Å². The quantitative estimate of drug-likeness (QED) is 0.408. The Morgan fingerprint density at radius 1 is 1.08 bits per heavy atom. The third-order valence-corrected chi connectivity index (χ3v) is 7.41. The highest BCUT2D eigenvalue weighted by Crippen LogP contribution is 2.47. The van der Waals surface area contributed by atoms with Crippen LogP contribution in [-0.4, -0.2) is 35.8 Å². The van der Waals surface area contributed by atoms with Crippen LogP contribution in [0.2, 0.25) is 0 Å². The minimum absolute atomic E-state index is 0. The van der Waals surface area contributed by atoms with Crippen molar-refractivity contribution in [2.75, 3.05) is 0 Å². The SMILES string of the molecule is C[C@H](O)[C@@H]1C[C@]2(c3ccccc3)N[C@H]1CC[C@H]2NCc1cc(OC(F)(F)F)ccc1OC1CC1.Cl.Cl. The van der Waals surface area contributed by atoms with Crippen LogP contribution in [0.5, 0.6) is 11.5 Å². The van der Waals surface area contributed by atoms with Crippen LogP contribution >= 0.6 is 24.8 Å². The van der Waals surface area contributed by atoms with Crippen LogP contribution in [0.3, 0.4) is 0 Å². The van der Waals surface area contributed by atoms with Gasteiger partial charge in [-0.15, -0.1) is 38.0 Å².